The molecule has 0 aliphatic carbocycles. The van der Waals surface area contributed by atoms with Crippen LogP contribution in [0.4, 0.5) is 4.39 Å². The van der Waals surface area contributed by atoms with Crippen LogP contribution in [-0.4, -0.2) is 58.1 Å². The molecule has 35 heavy (non-hydrogen) atoms. The molecule has 6 rings (SSSR count). The molecule has 2 aromatic carbocycles. The van der Waals surface area contributed by atoms with E-state index in [1.54, 1.807) is 0 Å². The van der Waals surface area contributed by atoms with Crippen molar-refractivity contribution in [3.8, 4) is 0 Å². The van der Waals surface area contributed by atoms with E-state index in [0.29, 0.717) is 30.3 Å². The third kappa shape index (κ3) is 4.26. The van der Waals surface area contributed by atoms with E-state index >= 15 is 0 Å². The van der Waals surface area contributed by atoms with Gasteiger partial charge in [0, 0.05) is 17.5 Å². The smallest absolute Gasteiger partial charge is 0.229 e. The van der Waals surface area contributed by atoms with Crippen LogP contribution in [0.1, 0.15) is 49.7 Å². The van der Waals surface area contributed by atoms with Crippen LogP contribution in [0.15, 0.2) is 48.7 Å². The summed E-state index contributed by atoms with van der Waals surface area (Å²) in [5.41, 5.74) is 3.16. The molecule has 0 radical (unpaired) electrons. The zero-order valence-electron chi connectivity index (χ0n) is 20.5. The van der Waals surface area contributed by atoms with Gasteiger partial charge in [-0.25, -0.2) is 4.39 Å². The van der Waals surface area contributed by atoms with Gasteiger partial charge in [0.25, 0.3) is 0 Å². The molecule has 6 heteroatoms. The lowest BCUT2D eigenvalue weighted by Gasteiger charge is -2.47. The number of piperidine rings is 2. The first-order chi connectivity index (χ1) is 17.0. The molecule has 0 saturated carbocycles. The lowest BCUT2D eigenvalue weighted by molar-refractivity contribution is -0.150. The minimum atomic E-state index is -0.375. The first kappa shape index (κ1) is 22.7. The highest BCUT2D eigenvalue weighted by Gasteiger charge is 2.50. The molecule has 184 valence electrons. The fraction of sp³-hybridized carbons (Fsp3) is 0.517. The Labute approximate surface area is 206 Å². The monoisotopic (exact) mass is 474 g/mol. The fourth-order valence-electron chi connectivity index (χ4n) is 7.09. The molecule has 1 aromatic heterocycles. The maximum Gasteiger partial charge on any atom is 0.229 e. The Morgan fingerprint density at radius 2 is 1.80 bits per heavy atom. The van der Waals surface area contributed by atoms with Crippen LogP contribution < -0.4 is 0 Å². The molecular weight excluding hydrogens is 439 g/mol. The Morgan fingerprint density at radius 1 is 1.09 bits per heavy atom. The average molecular weight is 475 g/mol. The van der Waals surface area contributed by atoms with Crippen molar-refractivity contribution in [3.05, 3.63) is 65.6 Å². The van der Waals surface area contributed by atoms with Gasteiger partial charge in [-0.1, -0.05) is 24.3 Å². The van der Waals surface area contributed by atoms with E-state index < -0.39 is 0 Å². The number of aromatic nitrogens is 2. The SMILES string of the molecule is CN1CCC(Cc2ccc(F)cc2)(C(=O)N2[C@H]3CC[C@H]2CC(Cc2cccc4[nH]ncc24)C3)CC1. The van der Waals surface area contributed by atoms with E-state index in [-0.39, 0.29) is 11.2 Å². The maximum atomic E-state index is 14.3. The average Bonchev–Trinajstić information content (AvgIpc) is 3.45. The molecule has 3 fully saturated rings. The van der Waals surface area contributed by atoms with Crippen molar-refractivity contribution in [1.29, 1.82) is 0 Å². The number of benzene rings is 2. The Kier molecular flexibility index (Phi) is 5.87. The second kappa shape index (κ2) is 9.05. The third-order valence-corrected chi connectivity index (χ3v) is 9.00. The van der Waals surface area contributed by atoms with Gasteiger partial charge in [-0.15, -0.1) is 0 Å². The number of H-pyrrole nitrogens is 1. The quantitative estimate of drug-likeness (QED) is 0.568. The van der Waals surface area contributed by atoms with Crippen LogP contribution in [0, 0.1) is 17.2 Å². The molecule has 0 unspecified atom stereocenters. The van der Waals surface area contributed by atoms with Crippen LogP contribution >= 0.6 is 0 Å². The van der Waals surface area contributed by atoms with Gasteiger partial charge < -0.3 is 9.80 Å². The van der Waals surface area contributed by atoms with Crippen LogP contribution in [0.25, 0.3) is 10.9 Å². The number of nitrogens with zero attached hydrogens (tertiary/aromatic N) is 3. The van der Waals surface area contributed by atoms with Crippen LogP contribution in [0.3, 0.4) is 0 Å². The first-order valence-corrected chi connectivity index (χ1v) is 13.2. The summed E-state index contributed by atoms with van der Waals surface area (Å²) < 4.78 is 13.5. The molecule has 1 amide bonds. The Balaban J connectivity index is 1.21. The van der Waals surface area contributed by atoms with Crippen LogP contribution in [0.5, 0.6) is 0 Å². The minimum absolute atomic E-state index is 0.219. The number of nitrogens with one attached hydrogen (secondary N) is 1. The summed E-state index contributed by atoms with van der Waals surface area (Å²) in [6.07, 6.45) is 9.87. The summed E-state index contributed by atoms with van der Waals surface area (Å²) in [5, 5.41) is 8.55. The molecule has 2 atom stereocenters. The molecule has 2 bridgehead atoms. The molecule has 1 N–H and O–H groups in total. The molecule has 3 aromatic rings. The number of carbonyl (C=O) groups excluding carboxylic acids is 1. The van der Waals surface area contributed by atoms with Crippen molar-refractivity contribution in [2.75, 3.05) is 20.1 Å². The molecular formula is C29H35FN4O. The number of aromatic amines is 1. The van der Waals surface area contributed by atoms with Gasteiger partial charge in [-0.3, -0.25) is 9.89 Å². The zero-order chi connectivity index (χ0) is 24.0. The number of fused-ring (bicyclic) bond motifs is 3. The van der Waals surface area contributed by atoms with Crippen molar-refractivity contribution < 1.29 is 9.18 Å². The molecule has 3 aliphatic heterocycles. The van der Waals surface area contributed by atoms with E-state index in [0.717, 1.165) is 69.1 Å². The lowest BCUT2D eigenvalue weighted by Crippen LogP contribution is -2.56. The van der Waals surface area contributed by atoms with Gasteiger partial charge in [-0.2, -0.15) is 5.10 Å². The van der Waals surface area contributed by atoms with Crippen molar-refractivity contribution in [1.82, 2.24) is 20.0 Å². The highest BCUT2D eigenvalue weighted by molar-refractivity contribution is 5.84. The van der Waals surface area contributed by atoms with E-state index in [2.05, 4.69) is 45.2 Å². The summed E-state index contributed by atoms with van der Waals surface area (Å²) in [5.74, 6) is 0.740. The van der Waals surface area contributed by atoms with Gasteiger partial charge >= 0.3 is 0 Å². The minimum Gasteiger partial charge on any atom is -0.336 e. The topological polar surface area (TPSA) is 52.2 Å². The van der Waals surface area contributed by atoms with Crippen molar-refractivity contribution in [2.45, 2.75) is 63.5 Å². The highest BCUT2D eigenvalue weighted by Crippen LogP contribution is 2.45. The Bertz CT molecular complexity index is 1180. The van der Waals surface area contributed by atoms with E-state index in [1.807, 2.05) is 18.3 Å². The number of likely N-dealkylation sites (tertiary alicyclic amines) is 1. The summed E-state index contributed by atoms with van der Waals surface area (Å²) in [7, 11) is 2.14. The van der Waals surface area contributed by atoms with E-state index in [9.17, 15) is 9.18 Å². The largest absolute Gasteiger partial charge is 0.336 e. The number of hydrogen-bond acceptors (Lipinski definition) is 3. The summed E-state index contributed by atoms with van der Waals surface area (Å²) in [6, 6.07) is 13.9. The number of carbonyl (C=O) groups is 1. The number of rotatable bonds is 5. The third-order valence-electron chi connectivity index (χ3n) is 9.00. The summed E-state index contributed by atoms with van der Waals surface area (Å²) in [4.78, 5) is 19.0. The first-order valence-electron chi connectivity index (χ1n) is 13.2. The standard InChI is InChI=1S/C29H35FN4O/c1-33-13-11-29(12-14-33,18-20-5-7-23(30)8-6-20)28(35)34-24-9-10-25(34)17-21(16-24)15-22-3-2-4-27-26(22)19-31-32-27/h2-8,19,21,24-25H,9-18H2,1H3,(H,31,32)/t24-,25-/m0/s1. The van der Waals surface area contributed by atoms with Gasteiger partial charge in [0.2, 0.25) is 5.91 Å². The van der Waals surface area contributed by atoms with Gasteiger partial charge in [0.15, 0.2) is 0 Å². The normalized spacial score (nSPS) is 26.3. The van der Waals surface area contributed by atoms with E-state index in [1.165, 1.54) is 23.1 Å². The highest BCUT2D eigenvalue weighted by atomic mass is 19.1. The van der Waals surface area contributed by atoms with Crippen molar-refractivity contribution >= 4 is 16.8 Å². The Morgan fingerprint density at radius 3 is 2.51 bits per heavy atom. The van der Waals surface area contributed by atoms with Gasteiger partial charge in [-0.05, 0) is 107 Å². The Hall–Kier alpha value is -2.73. The fourth-order valence-corrected chi connectivity index (χ4v) is 7.09. The van der Waals surface area contributed by atoms with Gasteiger partial charge in [0.05, 0.1) is 17.1 Å². The van der Waals surface area contributed by atoms with E-state index in [4.69, 9.17) is 0 Å². The van der Waals surface area contributed by atoms with Crippen LogP contribution in [-0.2, 0) is 17.6 Å². The summed E-state index contributed by atoms with van der Waals surface area (Å²) in [6.45, 7) is 1.88. The molecule has 4 heterocycles. The predicted molar refractivity (Wildman–Crippen MR) is 135 cm³/mol. The van der Waals surface area contributed by atoms with Crippen LogP contribution in [0.2, 0.25) is 0 Å². The van der Waals surface area contributed by atoms with Gasteiger partial charge in [0.1, 0.15) is 5.82 Å². The second-order valence-electron chi connectivity index (χ2n) is 11.3. The summed E-state index contributed by atoms with van der Waals surface area (Å²) >= 11 is 0. The number of hydrogen-bond donors (Lipinski definition) is 1. The molecule has 3 aliphatic rings. The second-order valence-corrected chi connectivity index (χ2v) is 11.3. The molecule has 0 spiro atoms. The number of amides is 1. The number of halogens is 1. The maximum absolute atomic E-state index is 14.3. The van der Waals surface area contributed by atoms with Crippen molar-refractivity contribution in [2.24, 2.45) is 11.3 Å². The zero-order valence-corrected chi connectivity index (χ0v) is 20.5. The lowest BCUT2D eigenvalue weighted by atomic mass is 9.71. The molecule has 5 nitrogen and oxygen atoms in total. The van der Waals surface area contributed by atoms with Crippen molar-refractivity contribution in [3.63, 3.8) is 0 Å². The molecule has 3 saturated heterocycles. The predicted octanol–water partition coefficient (Wildman–Crippen LogP) is 4.97.